The number of aryl methyl sites for hydroxylation is 1. The predicted molar refractivity (Wildman–Crippen MR) is 86.3 cm³/mol. The maximum absolute atomic E-state index is 12.1. The number of rotatable bonds is 6. The second kappa shape index (κ2) is 7.27. The van der Waals surface area contributed by atoms with E-state index in [0.717, 1.165) is 21.5 Å². The molecule has 0 unspecified atom stereocenters. The van der Waals surface area contributed by atoms with Crippen LogP contribution in [0.15, 0.2) is 46.9 Å². The van der Waals surface area contributed by atoms with Crippen molar-refractivity contribution in [2.24, 2.45) is 0 Å². The van der Waals surface area contributed by atoms with Crippen molar-refractivity contribution in [1.82, 2.24) is 0 Å². The monoisotopic (exact) mass is 348 g/mol. The molecule has 0 aromatic heterocycles. The van der Waals surface area contributed by atoms with Crippen LogP contribution < -0.4 is 9.47 Å². The molecule has 0 radical (unpaired) electrons. The molecule has 2 aromatic rings. The number of ether oxygens (including phenoxy) is 2. The second-order valence-corrected chi connectivity index (χ2v) is 5.49. The standard InChI is InChI=1S/C17H17BrO3/c1-3-20-15-7-4-13(5-8-15)16(19)11-21-17-9-6-14(18)10-12(17)2/h4-10H,3,11H2,1-2H3. The first-order valence-corrected chi connectivity index (χ1v) is 7.54. The molecule has 0 saturated heterocycles. The zero-order chi connectivity index (χ0) is 15.2. The van der Waals surface area contributed by atoms with Crippen molar-refractivity contribution in [2.75, 3.05) is 13.2 Å². The van der Waals surface area contributed by atoms with Crippen molar-refractivity contribution in [3.05, 3.63) is 58.1 Å². The lowest BCUT2D eigenvalue weighted by Gasteiger charge is -2.09. The third-order valence-corrected chi connectivity index (χ3v) is 3.48. The van der Waals surface area contributed by atoms with E-state index in [-0.39, 0.29) is 12.4 Å². The number of halogens is 1. The highest BCUT2D eigenvalue weighted by Gasteiger charge is 2.08. The highest BCUT2D eigenvalue weighted by molar-refractivity contribution is 9.10. The van der Waals surface area contributed by atoms with Gasteiger partial charge < -0.3 is 9.47 Å². The zero-order valence-corrected chi connectivity index (χ0v) is 13.6. The summed E-state index contributed by atoms with van der Waals surface area (Å²) in [5.74, 6) is 1.43. The first-order chi connectivity index (χ1) is 10.1. The van der Waals surface area contributed by atoms with Crippen LogP contribution in [0.1, 0.15) is 22.8 Å². The largest absolute Gasteiger partial charge is 0.494 e. The minimum atomic E-state index is -0.0552. The van der Waals surface area contributed by atoms with E-state index in [2.05, 4.69) is 15.9 Å². The van der Waals surface area contributed by atoms with Crippen molar-refractivity contribution in [3.63, 3.8) is 0 Å². The van der Waals surface area contributed by atoms with Crippen LogP contribution in [-0.4, -0.2) is 19.0 Å². The topological polar surface area (TPSA) is 35.5 Å². The first kappa shape index (κ1) is 15.6. The molecule has 4 heteroatoms. The molecule has 0 aliphatic carbocycles. The maximum atomic E-state index is 12.1. The van der Waals surface area contributed by atoms with E-state index in [1.54, 1.807) is 24.3 Å². The van der Waals surface area contributed by atoms with E-state index >= 15 is 0 Å². The van der Waals surface area contributed by atoms with Crippen LogP contribution >= 0.6 is 15.9 Å². The third kappa shape index (κ3) is 4.33. The summed E-state index contributed by atoms with van der Waals surface area (Å²) in [6.45, 7) is 4.50. The van der Waals surface area contributed by atoms with E-state index in [9.17, 15) is 4.79 Å². The number of hydrogen-bond donors (Lipinski definition) is 0. The summed E-state index contributed by atoms with van der Waals surface area (Å²) >= 11 is 3.40. The van der Waals surface area contributed by atoms with E-state index in [0.29, 0.717) is 12.2 Å². The van der Waals surface area contributed by atoms with Gasteiger partial charge in [-0.3, -0.25) is 4.79 Å². The molecule has 0 saturated carbocycles. The molecule has 110 valence electrons. The molecular formula is C17H17BrO3. The average molecular weight is 349 g/mol. The van der Waals surface area contributed by atoms with Gasteiger partial charge in [0.15, 0.2) is 12.4 Å². The minimum Gasteiger partial charge on any atom is -0.494 e. The summed E-state index contributed by atoms with van der Waals surface area (Å²) in [6, 6.07) is 12.8. The molecule has 21 heavy (non-hydrogen) atoms. The van der Waals surface area contributed by atoms with Crippen LogP contribution in [0, 0.1) is 6.92 Å². The second-order valence-electron chi connectivity index (χ2n) is 4.58. The Balaban J connectivity index is 1.98. The molecule has 0 atom stereocenters. The van der Waals surface area contributed by atoms with Crippen molar-refractivity contribution in [2.45, 2.75) is 13.8 Å². The summed E-state index contributed by atoms with van der Waals surface area (Å²) < 4.78 is 11.9. The van der Waals surface area contributed by atoms with Gasteiger partial charge in [-0.05, 0) is 61.9 Å². The number of carbonyl (C=O) groups is 1. The number of benzene rings is 2. The predicted octanol–water partition coefficient (Wildman–Crippen LogP) is 4.42. The molecule has 2 aromatic carbocycles. The Morgan fingerprint density at radius 3 is 2.43 bits per heavy atom. The first-order valence-electron chi connectivity index (χ1n) is 6.75. The lowest BCUT2D eigenvalue weighted by atomic mass is 10.1. The fourth-order valence-corrected chi connectivity index (χ4v) is 2.38. The SMILES string of the molecule is CCOc1ccc(C(=O)COc2ccc(Br)cc2C)cc1. The quantitative estimate of drug-likeness (QED) is 0.725. The molecule has 0 spiro atoms. The molecule has 2 rings (SSSR count). The summed E-state index contributed by atoms with van der Waals surface area (Å²) in [5, 5.41) is 0. The number of hydrogen-bond acceptors (Lipinski definition) is 3. The van der Waals surface area contributed by atoms with Crippen LogP contribution in [0.2, 0.25) is 0 Å². The number of ketones is 1. The van der Waals surface area contributed by atoms with Crippen molar-refractivity contribution < 1.29 is 14.3 Å². The molecule has 0 bridgehead atoms. The van der Waals surface area contributed by atoms with Crippen molar-refractivity contribution in [1.29, 1.82) is 0 Å². The summed E-state index contributed by atoms with van der Waals surface area (Å²) in [6.07, 6.45) is 0. The third-order valence-electron chi connectivity index (χ3n) is 2.98. The van der Waals surface area contributed by atoms with Gasteiger partial charge in [-0.15, -0.1) is 0 Å². The minimum absolute atomic E-state index is 0.0243. The normalized spacial score (nSPS) is 10.2. The van der Waals surface area contributed by atoms with E-state index in [4.69, 9.17) is 9.47 Å². The highest BCUT2D eigenvalue weighted by Crippen LogP contribution is 2.22. The van der Waals surface area contributed by atoms with Crippen LogP contribution in [0.3, 0.4) is 0 Å². The van der Waals surface area contributed by atoms with Gasteiger partial charge >= 0.3 is 0 Å². The van der Waals surface area contributed by atoms with E-state index in [1.807, 2.05) is 32.0 Å². The van der Waals surface area contributed by atoms with E-state index < -0.39 is 0 Å². The Kier molecular flexibility index (Phi) is 5.39. The molecule has 0 aliphatic heterocycles. The molecule has 0 heterocycles. The van der Waals surface area contributed by atoms with Gasteiger partial charge in [0.05, 0.1) is 6.61 Å². The molecule has 0 amide bonds. The number of carbonyl (C=O) groups excluding carboxylic acids is 1. The zero-order valence-electron chi connectivity index (χ0n) is 12.1. The van der Waals surface area contributed by atoms with Crippen LogP contribution in [-0.2, 0) is 0 Å². The van der Waals surface area contributed by atoms with Gasteiger partial charge in [-0.1, -0.05) is 15.9 Å². The van der Waals surface area contributed by atoms with Gasteiger partial charge in [-0.25, -0.2) is 0 Å². The maximum Gasteiger partial charge on any atom is 0.200 e. The Morgan fingerprint density at radius 2 is 1.81 bits per heavy atom. The lowest BCUT2D eigenvalue weighted by Crippen LogP contribution is -2.12. The Bertz CT molecular complexity index is 620. The van der Waals surface area contributed by atoms with Gasteiger partial charge in [0.1, 0.15) is 11.5 Å². The molecule has 3 nitrogen and oxygen atoms in total. The summed E-state index contributed by atoms with van der Waals surface area (Å²) in [5.41, 5.74) is 1.61. The Morgan fingerprint density at radius 1 is 1.10 bits per heavy atom. The fourth-order valence-electron chi connectivity index (χ4n) is 1.91. The molecule has 0 N–H and O–H groups in total. The fraction of sp³-hybridized carbons (Fsp3) is 0.235. The number of Topliss-reactive ketones (excluding diaryl/α,β-unsaturated/α-hetero) is 1. The Labute approximate surface area is 133 Å². The lowest BCUT2D eigenvalue weighted by molar-refractivity contribution is 0.0921. The van der Waals surface area contributed by atoms with Gasteiger partial charge in [0, 0.05) is 10.0 Å². The van der Waals surface area contributed by atoms with Crippen molar-refractivity contribution in [3.8, 4) is 11.5 Å². The summed E-state index contributed by atoms with van der Waals surface area (Å²) in [4.78, 5) is 12.1. The van der Waals surface area contributed by atoms with Gasteiger partial charge in [-0.2, -0.15) is 0 Å². The van der Waals surface area contributed by atoms with Gasteiger partial charge in [0.25, 0.3) is 0 Å². The average Bonchev–Trinajstić information content (AvgIpc) is 2.47. The smallest absolute Gasteiger partial charge is 0.200 e. The summed E-state index contributed by atoms with van der Waals surface area (Å²) in [7, 11) is 0. The van der Waals surface area contributed by atoms with Crippen molar-refractivity contribution >= 4 is 21.7 Å². The molecular weight excluding hydrogens is 332 g/mol. The van der Waals surface area contributed by atoms with Crippen LogP contribution in [0.25, 0.3) is 0 Å². The van der Waals surface area contributed by atoms with E-state index in [1.165, 1.54) is 0 Å². The highest BCUT2D eigenvalue weighted by atomic mass is 79.9. The molecule has 0 aliphatic rings. The Hall–Kier alpha value is -1.81. The van der Waals surface area contributed by atoms with Gasteiger partial charge in [0.2, 0.25) is 0 Å². The van der Waals surface area contributed by atoms with Crippen LogP contribution in [0.4, 0.5) is 0 Å². The van der Waals surface area contributed by atoms with Crippen LogP contribution in [0.5, 0.6) is 11.5 Å². The molecule has 0 fully saturated rings.